The van der Waals surface area contributed by atoms with Crippen LogP contribution in [0.5, 0.6) is 0 Å². The molecule has 0 aromatic carbocycles. The molecule has 0 fully saturated rings. The van der Waals surface area contributed by atoms with Crippen molar-refractivity contribution in [3.8, 4) is 0 Å². The molecule has 0 aliphatic rings. The Bertz CT molecular complexity index is 231. The van der Waals surface area contributed by atoms with Gasteiger partial charge in [-0.3, -0.25) is 0 Å². The van der Waals surface area contributed by atoms with Crippen LogP contribution in [0.3, 0.4) is 0 Å². The van der Waals surface area contributed by atoms with Crippen LogP contribution >= 0.6 is 0 Å². The van der Waals surface area contributed by atoms with E-state index >= 15 is 0 Å². The van der Waals surface area contributed by atoms with Crippen LogP contribution in [0.25, 0.3) is 0 Å². The van der Waals surface area contributed by atoms with Crippen molar-refractivity contribution >= 4 is 0 Å². The summed E-state index contributed by atoms with van der Waals surface area (Å²) in [6, 6.07) is 0. The first kappa shape index (κ1) is 7.19. The molecule has 0 unspecified atom stereocenters. The molecule has 0 bridgehead atoms. The average Bonchev–Trinajstić information content (AvgIpc) is 1.88. The molecule has 0 N–H and O–H groups in total. The van der Waals surface area contributed by atoms with Crippen molar-refractivity contribution in [3.63, 3.8) is 0 Å². The van der Waals surface area contributed by atoms with Crippen LogP contribution < -0.4 is 0 Å². The molecule has 54 valence electrons. The fourth-order valence-corrected chi connectivity index (χ4v) is 0.955. The predicted molar refractivity (Wildman–Crippen MR) is 40.9 cm³/mol. The highest BCUT2D eigenvalue weighted by Gasteiger charge is 1.96. The SMILES string of the molecule is CCc1cnc(C)nc1C. The lowest BCUT2D eigenvalue weighted by Crippen LogP contribution is -1.95. The maximum absolute atomic E-state index is 4.23. The van der Waals surface area contributed by atoms with E-state index in [2.05, 4.69) is 16.9 Å². The van der Waals surface area contributed by atoms with Crippen LogP contribution in [-0.2, 0) is 6.42 Å². The summed E-state index contributed by atoms with van der Waals surface area (Å²) in [4.78, 5) is 8.33. The number of hydrogen-bond donors (Lipinski definition) is 0. The predicted octanol–water partition coefficient (Wildman–Crippen LogP) is 1.66. The molecule has 0 saturated heterocycles. The topological polar surface area (TPSA) is 25.8 Å². The van der Waals surface area contributed by atoms with Gasteiger partial charge in [0.05, 0.1) is 0 Å². The van der Waals surface area contributed by atoms with E-state index in [0.717, 1.165) is 17.9 Å². The lowest BCUT2D eigenvalue weighted by Gasteiger charge is -2.00. The first-order chi connectivity index (χ1) is 4.74. The molecule has 0 radical (unpaired) electrons. The van der Waals surface area contributed by atoms with Crippen molar-refractivity contribution in [2.75, 3.05) is 0 Å². The van der Waals surface area contributed by atoms with E-state index in [9.17, 15) is 0 Å². The van der Waals surface area contributed by atoms with E-state index in [4.69, 9.17) is 0 Å². The van der Waals surface area contributed by atoms with Gasteiger partial charge in [-0.25, -0.2) is 9.97 Å². The summed E-state index contributed by atoms with van der Waals surface area (Å²) in [6.07, 6.45) is 2.92. The van der Waals surface area contributed by atoms with Crippen molar-refractivity contribution in [1.82, 2.24) is 9.97 Å². The molecular formula is C8H12N2. The highest BCUT2D eigenvalue weighted by molar-refractivity contribution is 5.15. The summed E-state index contributed by atoms with van der Waals surface area (Å²) in [5.41, 5.74) is 2.35. The summed E-state index contributed by atoms with van der Waals surface area (Å²) < 4.78 is 0. The lowest BCUT2D eigenvalue weighted by atomic mass is 10.2. The minimum atomic E-state index is 0.856. The molecular weight excluding hydrogens is 124 g/mol. The zero-order valence-corrected chi connectivity index (χ0v) is 6.68. The number of nitrogens with zero attached hydrogens (tertiary/aromatic N) is 2. The maximum Gasteiger partial charge on any atom is 0.125 e. The Hall–Kier alpha value is -0.920. The van der Waals surface area contributed by atoms with Gasteiger partial charge in [-0.15, -0.1) is 0 Å². The van der Waals surface area contributed by atoms with Crippen LogP contribution in [-0.4, -0.2) is 9.97 Å². The molecule has 1 aromatic heterocycles. The van der Waals surface area contributed by atoms with Gasteiger partial charge in [0.2, 0.25) is 0 Å². The molecule has 0 atom stereocenters. The van der Waals surface area contributed by atoms with Gasteiger partial charge in [-0.1, -0.05) is 6.92 Å². The number of aromatic nitrogens is 2. The third-order valence-electron chi connectivity index (χ3n) is 1.58. The van der Waals surface area contributed by atoms with Gasteiger partial charge in [0.25, 0.3) is 0 Å². The second-order valence-electron chi connectivity index (χ2n) is 2.38. The molecule has 0 saturated carbocycles. The van der Waals surface area contributed by atoms with Gasteiger partial charge in [0.1, 0.15) is 5.82 Å². The summed E-state index contributed by atoms with van der Waals surface area (Å²) in [7, 11) is 0. The second kappa shape index (κ2) is 2.78. The smallest absolute Gasteiger partial charge is 0.125 e. The quantitative estimate of drug-likeness (QED) is 0.586. The van der Waals surface area contributed by atoms with Crippen molar-refractivity contribution in [1.29, 1.82) is 0 Å². The fourth-order valence-electron chi connectivity index (χ4n) is 0.955. The molecule has 1 aromatic rings. The Morgan fingerprint density at radius 1 is 1.40 bits per heavy atom. The fraction of sp³-hybridized carbons (Fsp3) is 0.500. The first-order valence-electron chi connectivity index (χ1n) is 3.53. The minimum Gasteiger partial charge on any atom is -0.241 e. The Kier molecular flexibility index (Phi) is 2.00. The van der Waals surface area contributed by atoms with Crippen molar-refractivity contribution in [2.24, 2.45) is 0 Å². The van der Waals surface area contributed by atoms with Gasteiger partial charge in [0, 0.05) is 11.9 Å². The number of rotatable bonds is 1. The van der Waals surface area contributed by atoms with Crippen LogP contribution in [0.2, 0.25) is 0 Å². The molecule has 1 rings (SSSR count). The normalized spacial score (nSPS) is 9.90. The third kappa shape index (κ3) is 1.32. The maximum atomic E-state index is 4.23. The van der Waals surface area contributed by atoms with Gasteiger partial charge >= 0.3 is 0 Å². The first-order valence-corrected chi connectivity index (χ1v) is 3.53. The van der Waals surface area contributed by atoms with Crippen molar-refractivity contribution in [3.05, 3.63) is 23.3 Å². The minimum absolute atomic E-state index is 0.856. The van der Waals surface area contributed by atoms with E-state index in [1.54, 1.807) is 0 Å². The zero-order chi connectivity index (χ0) is 7.56. The molecule has 0 aliphatic carbocycles. The van der Waals surface area contributed by atoms with Gasteiger partial charge in [0.15, 0.2) is 0 Å². The monoisotopic (exact) mass is 136 g/mol. The lowest BCUT2D eigenvalue weighted by molar-refractivity contribution is 0.947. The molecule has 1 heterocycles. The van der Waals surface area contributed by atoms with Crippen LogP contribution in [0.1, 0.15) is 24.0 Å². The van der Waals surface area contributed by atoms with Gasteiger partial charge in [-0.2, -0.15) is 0 Å². The highest BCUT2D eigenvalue weighted by Crippen LogP contribution is 2.03. The van der Waals surface area contributed by atoms with E-state index < -0.39 is 0 Å². The molecule has 0 spiro atoms. The van der Waals surface area contributed by atoms with Crippen LogP contribution in [0.4, 0.5) is 0 Å². The standard InChI is InChI=1S/C8H12N2/c1-4-8-5-9-7(3)10-6(8)2/h5H,4H2,1-3H3. The highest BCUT2D eigenvalue weighted by atomic mass is 14.9. The van der Waals surface area contributed by atoms with Gasteiger partial charge < -0.3 is 0 Å². The van der Waals surface area contributed by atoms with Gasteiger partial charge in [-0.05, 0) is 25.8 Å². The average molecular weight is 136 g/mol. The third-order valence-corrected chi connectivity index (χ3v) is 1.58. The Labute approximate surface area is 61.3 Å². The Morgan fingerprint density at radius 3 is 2.60 bits per heavy atom. The summed E-state index contributed by atoms with van der Waals surface area (Å²) in [5, 5.41) is 0. The molecule has 0 aliphatic heterocycles. The van der Waals surface area contributed by atoms with E-state index in [0.29, 0.717) is 0 Å². The zero-order valence-electron chi connectivity index (χ0n) is 6.68. The van der Waals surface area contributed by atoms with E-state index in [1.165, 1.54) is 5.56 Å². The Morgan fingerprint density at radius 2 is 2.10 bits per heavy atom. The van der Waals surface area contributed by atoms with E-state index in [1.807, 2.05) is 20.0 Å². The molecule has 2 heteroatoms. The van der Waals surface area contributed by atoms with Crippen LogP contribution in [0, 0.1) is 13.8 Å². The molecule has 2 nitrogen and oxygen atoms in total. The van der Waals surface area contributed by atoms with E-state index in [-0.39, 0.29) is 0 Å². The Balaban J connectivity index is 3.07. The molecule has 0 amide bonds. The largest absolute Gasteiger partial charge is 0.241 e. The summed E-state index contributed by atoms with van der Waals surface area (Å²) in [5.74, 6) is 0.856. The number of aryl methyl sites for hydroxylation is 3. The molecule has 10 heavy (non-hydrogen) atoms. The van der Waals surface area contributed by atoms with Crippen molar-refractivity contribution in [2.45, 2.75) is 27.2 Å². The summed E-state index contributed by atoms with van der Waals surface area (Å²) >= 11 is 0. The summed E-state index contributed by atoms with van der Waals surface area (Å²) in [6.45, 7) is 6.04. The number of hydrogen-bond acceptors (Lipinski definition) is 2. The van der Waals surface area contributed by atoms with Crippen molar-refractivity contribution < 1.29 is 0 Å². The van der Waals surface area contributed by atoms with Crippen LogP contribution in [0.15, 0.2) is 6.20 Å². The second-order valence-corrected chi connectivity index (χ2v) is 2.38.